The Hall–Kier alpha value is -2.51. The van der Waals surface area contributed by atoms with Crippen LogP contribution in [0.2, 0.25) is 0 Å². The number of carbonyl (C=O) groups is 1. The molecule has 116 valence electrons. The van der Waals surface area contributed by atoms with Gasteiger partial charge in [0.2, 0.25) is 0 Å². The van der Waals surface area contributed by atoms with Gasteiger partial charge in [0.25, 0.3) is 0 Å². The maximum absolute atomic E-state index is 10.8. The molecule has 0 radical (unpaired) electrons. The summed E-state index contributed by atoms with van der Waals surface area (Å²) in [6.45, 7) is 4.41. The van der Waals surface area contributed by atoms with Crippen molar-refractivity contribution < 1.29 is 9.90 Å². The average Bonchev–Trinajstić information content (AvgIpc) is 2.97. The lowest BCUT2D eigenvalue weighted by atomic mass is 9.98. The van der Waals surface area contributed by atoms with E-state index in [0.717, 1.165) is 37.4 Å². The van der Waals surface area contributed by atoms with E-state index in [0.29, 0.717) is 12.5 Å². The van der Waals surface area contributed by atoms with Crippen LogP contribution in [0.3, 0.4) is 0 Å². The lowest BCUT2D eigenvalue weighted by Gasteiger charge is -2.33. The molecule has 1 atom stereocenters. The molecule has 1 saturated heterocycles. The maximum atomic E-state index is 10.8. The quantitative estimate of drug-likeness (QED) is 0.899. The Balaban J connectivity index is 1.65. The van der Waals surface area contributed by atoms with Crippen LogP contribution in [0.5, 0.6) is 0 Å². The van der Waals surface area contributed by atoms with Crippen LogP contribution in [0, 0.1) is 12.8 Å². The third-order valence-corrected chi connectivity index (χ3v) is 3.83. The molecule has 8 nitrogen and oxygen atoms in total. The Morgan fingerprint density at radius 3 is 2.91 bits per heavy atom. The van der Waals surface area contributed by atoms with Crippen LogP contribution in [0.4, 0.5) is 5.82 Å². The number of aromatic nitrogens is 5. The monoisotopic (exact) mass is 302 g/mol. The molecule has 1 aliphatic heterocycles. The summed E-state index contributed by atoms with van der Waals surface area (Å²) in [4.78, 5) is 13.0. The summed E-state index contributed by atoms with van der Waals surface area (Å²) in [7, 11) is 0. The zero-order valence-electron chi connectivity index (χ0n) is 12.4. The normalized spacial score (nSPS) is 18.4. The van der Waals surface area contributed by atoms with Crippen LogP contribution in [-0.2, 0) is 6.54 Å². The van der Waals surface area contributed by atoms with Gasteiger partial charge in [0.15, 0.2) is 11.5 Å². The van der Waals surface area contributed by atoms with E-state index in [1.807, 2.05) is 19.1 Å². The number of carboxylic acids is 1. The molecule has 3 rings (SSSR count). The van der Waals surface area contributed by atoms with Gasteiger partial charge in [-0.2, -0.15) is 5.10 Å². The molecule has 8 heteroatoms. The average molecular weight is 302 g/mol. The molecule has 22 heavy (non-hydrogen) atoms. The first-order chi connectivity index (χ1) is 10.6. The number of aromatic carboxylic acids is 1. The van der Waals surface area contributed by atoms with Crippen molar-refractivity contribution in [2.75, 3.05) is 18.0 Å². The standard InChI is InChI=1S/C14H18N6O2/c1-10-4-5-13(17-15-10)19-6-2-3-11(7-19)8-20-9-12(14(21)22)16-18-20/h4-5,9,11H,2-3,6-8H2,1H3,(H,21,22)/t11-/m0/s1. The SMILES string of the molecule is Cc1ccc(N2CCC[C@H](Cn3cc(C(=O)O)nn3)C2)nn1. The molecule has 0 spiro atoms. The van der Waals surface area contributed by atoms with E-state index in [1.165, 1.54) is 6.20 Å². The Kier molecular flexibility index (Phi) is 3.99. The topological polar surface area (TPSA) is 97.0 Å². The lowest BCUT2D eigenvalue weighted by molar-refractivity contribution is 0.0690. The lowest BCUT2D eigenvalue weighted by Crippen LogP contribution is -2.37. The van der Waals surface area contributed by atoms with Crippen molar-refractivity contribution in [1.29, 1.82) is 0 Å². The van der Waals surface area contributed by atoms with E-state index in [-0.39, 0.29) is 5.69 Å². The minimum absolute atomic E-state index is 0.0166. The number of anilines is 1. The van der Waals surface area contributed by atoms with Gasteiger partial charge in [0.1, 0.15) is 0 Å². The van der Waals surface area contributed by atoms with E-state index >= 15 is 0 Å². The summed E-state index contributed by atoms with van der Waals surface area (Å²) in [6.07, 6.45) is 3.63. The smallest absolute Gasteiger partial charge is 0.358 e. The van der Waals surface area contributed by atoms with Gasteiger partial charge < -0.3 is 10.0 Å². The van der Waals surface area contributed by atoms with Crippen molar-refractivity contribution in [2.24, 2.45) is 5.92 Å². The number of hydrogen-bond donors (Lipinski definition) is 1. The molecular formula is C14H18N6O2. The second-order valence-corrected chi connectivity index (χ2v) is 5.62. The van der Waals surface area contributed by atoms with Crippen LogP contribution in [0.1, 0.15) is 29.0 Å². The van der Waals surface area contributed by atoms with Gasteiger partial charge in [0, 0.05) is 19.6 Å². The molecule has 0 saturated carbocycles. The Bertz CT molecular complexity index is 654. The number of aryl methyl sites for hydroxylation is 1. The van der Waals surface area contributed by atoms with Crippen LogP contribution >= 0.6 is 0 Å². The molecule has 3 heterocycles. The van der Waals surface area contributed by atoms with Gasteiger partial charge in [-0.05, 0) is 37.8 Å². The van der Waals surface area contributed by atoms with Crippen LogP contribution < -0.4 is 4.90 Å². The predicted molar refractivity (Wildman–Crippen MR) is 78.7 cm³/mol. The summed E-state index contributed by atoms with van der Waals surface area (Å²) in [5, 5.41) is 24.7. The molecule has 0 amide bonds. The fraction of sp³-hybridized carbons (Fsp3) is 0.500. The second kappa shape index (κ2) is 6.08. The maximum Gasteiger partial charge on any atom is 0.358 e. The molecule has 1 aliphatic rings. The molecular weight excluding hydrogens is 284 g/mol. The largest absolute Gasteiger partial charge is 0.476 e. The molecule has 0 aromatic carbocycles. The predicted octanol–water partition coefficient (Wildman–Crippen LogP) is 0.991. The minimum atomic E-state index is -1.05. The van der Waals surface area contributed by atoms with Gasteiger partial charge in [-0.3, -0.25) is 4.68 Å². The number of piperidine rings is 1. The van der Waals surface area contributed by atoms with Crippen molar-refractivity contribution in [3.63, 3.8) is 0 Å². The number of rotatable bonds is 4. The first-order valence-electron chi connectivity index (χ1n) is 7.30. The molecule has 0 unspecified atom stereocenters. The van der Waals surface area contributed by atoms with E-state index in [2.05, 4.69) is 25.4 Å². The van der Waals surface area contributed by atoms with Crippen molar-refractivity contribution >= 4 is 11.8 Å². The fourth-order valence-electron chi connectivity index (χ4n) is 2.73. The molecule has 1 N–H and O–H groups in total. The summed E-state index contributed by atoms with van der Waals surface area (Å²) in [5.74, 6) is 0.228. The minimum Gasteiger partial charge on any atom is -0.476 e. The highest BCUT2D eigenvalue weighted by atomic mass is 16.4. The molecule has 1 fully saturated rings. The summed E-state index contributed by atoms with van der Waals surface area (Å²) in [5.41, 5.74) is 0.887. The van der Waals surface area contributed by atoms with Gasteiger partial charge in [-0.15, -0.1) is 10.2 Å². The first kappa shape index (κ1) is 14.4. The van der Waals surface area contributed by atoms with Crippen LogP contribution in [0.25, 0.3) is 0 Å². The van der Waals surface area contributed by atoms with Crippen molar-refractivity contribution in [3.05, 3.63) is 29.7 Å². The van der Waals surface area contributed by atoms with E-state index in [1.54, 1.807) is 4.68 Å². The second-order valence-electron chi connectivity index (χ2n) is 5.62. The van der Waals surface area contributed by atoms with Crippen LogP contribution in [0.15, 0.2) is 18.3 Å². The number of nitrogens with zero attached hydrogens (tertiary/aromatic N) is 6. The fourth-order valence-corrected chi connectivity index (χ4v) is 2.73. The highest BCUT2D eigenvalue weighted by molar-refractivity contribution is 5.84. The first-order valence-corrected chi connectivity index (χ1v) is 7.30. The zero-order valence-corrected chi connectivity index (χ0v) is 12.4. The molecule has 2 aromatic rings. The number of carboxylic acid groups (broad SMARTS) is 1. The highest BCUT2D eigenvalue weighted by Gasteiger charge is 2.22. The van der Waals surface area contributed by atoms with Gasteiger partial charge in [-0.25, -0.2) is 4.79 Å². The Labute approximate surface area is 127 Å². The number of hydrogen-bond acceptors (Lipinski definition) is 6. The summed E-state index contributed by atoms with van der Waals surface area (Å²) < 4.78 is 1.61. The van der Waals surface area contributed by atoms with Gasteiger partial charge >= 0.3 is 5.97 Å². The molecule has 2 aromatic heterocycles. The van der Waals surface area contributed by atoms with E-state index in [9.17, 15) is 4.79 Å². The highest BCUT2D eigenvalue weighted by Crippen LogP contribution is 2.22. The Morgan fingerprint density at radius 2 is 2.23 bits per heavy atom. The molecule has 0 bridgehead atoms. The summed E-state index contributed by atoms with van der Waals surface area (Å²) in [6, 6.07) is 3.95. The van der Waals surface area contributed by atoms with Gasteiger partial charge in [0.05, 0.1) is 11.9 Å². The van der Waals surface area contributed by atoms with Gasteiger partial charge in [-0.1, -0.05) is 5.21 Å². The summed E-state index contributed by atoms with van der Waals surface area (Å²) >= 11 is 0. The van der Waals surface area contributed by atoms with Crippen molar-refractivity contribution in [1.82, 2.24) is 25.2 Å². The third kappa shape index (κ3) is 3.21. The van der Waals surface area contributed by atoms with E-state index < -0.39 is 5.97 Å². The zero-order chi connectivity index (χ0) is 15.5. The van der Waals surface area contributed by atoms with Crippen molar-refractivity contribution in [3.8, 4) is 0 Å². The molecule has 0 aliphatic carbocycles. The van der Waals surface area contributed by atoms with E-state index in [4.69, 9.17) is 5.11 Å². The third-order valence-electron chi connectivity index (χ3n) is 3.83. The van der Waals surface area contributed by atoms with Crippen LogP contribution in [-0.4, -0.2) is 49.4 Å². The van der Waals surface area contributed by atoms with Crippen molar-refractivity contribution in [2.45, 2.75) is 26.3 Å². The Morgan fingerprint density at radius 1 is 1.36 bits per heavy atom.